The fourth-order valence-electron chi connectivity index (χ4n) is 3.59. The zero-order chi connectivity index (χ0) is 23.0. The van der Waals surface area contributed by atoms with Crippen molar-refractivity contribution in [2.24, 2.45) is 0 Å². The molecule has 164 valence electrons. The predicted molar refractivity (Wildman–Crippen MR) is 122 cm³/mol. The Morgan fingerprint density at radius 2 is 1.53 bits per heavy atom. The average molecular weight is 451 g/mol. The van der Waals surface area contributed by atoms with E-state index in [0.717, 1.165) is 10.6 Å². The number of hydrogen-bond acceptors (Lipinski definition) is 7. The van der Waals surface area contributed by atoms with Crippen molar-refractivity contribution in [2.75, 3.05) is 19.1 Å². The maximum absolute atomic E-state index is 13.1. The van der Waals surface area contributed by atoms with Crippen molar-refractivity contribution in [1.29, 1.82) is 0 Å². The van der Waals surface area contributed by atoms with Gasteiger partial charge in [0, 0.05) is 10.4 Å². The van der Waals surface area contributed by atoms with Crippen molar-refractivity contribution >= 4 is 33.9 Å². The molecule has 1 saturated heterocycles. The highest BCUT2D eigenvalue weighted by atomic mass is 32.1. The van der Waals surface area contributed by atoms with Crippen LogP contribution in [0.4, 0.5) is 5.13 Å². The minimum Gasteiger partial charge on any atom is -0.507 e. The van der Waals surface area contributed by atoms with E-state index in [1.807, 2.05) is 13.8 Å². The van der Waals surface area contributed by atoms with Gasteiger partial charge in [0.05, 0.1) is 31.5 Å². The molecule has 0 bridgehead atoms. The number of Topliss-reactive ketones (excluding diaryl/α,β-unsaturated/α-hetero) is 1. The lowest BCUT2D eigenvalue weighted by Gasteiger charge is -2.23. The average Bonchev–Trinajstić information content (AvgIpc) is 3.28. The molecule has 0 radical (unpaired) electrons. The molecule has 3 aromatic rings. The van der Waals surface area contributed by atoms with Crippen LogP contribution >= 0.6 is 11.3 Å². The fraction of sp³-hybridized carbons (Fsp3) is 0.208. The minimum atomic E-state index is -0.826. The number of rotatable bonds is 5. The van der Waals surface area contributed by atoms with Crippen LogP contribution in [-0.2, 0) is 9.59 Å². The predicted octanol–water partition coefficient (Wildman–Crippen LogP) is 4.40. The monoisotopic (exact) mass is 450 g/mol. The fourth-order valence-corrected chi connectivity index (χ4v) is 4.53. The standard InChI is InChI=1S/C24H22N2O5S/c1-13-14(2)32-24(25-13)26-20(15-5-9-17(30-3)10-6-15)19(22(28)23(26)29)21(27)16-7-11-18(31-4)12-8-16/h5-12,20,27H,1-4H3/b21-19+. The topological polar surface area (TPSA) is 89.0 Å². The van der Waals surface area contributed by atoms with Crippen LogP contribution in [0.3, 0.4) is 0 Å². The van der Waals surface area contributed by atoms with Crippen molar-refractivity contribution in [3.8, 4) is 11.5 Å². The van der Waals surface area contributed by atoms with E-state index >= 15 is 0 Å². The summed E-state index contributed by atoms with van der Waals surface area (Å²) in [5, 5.41) is 11.5. The highest BCUT2D eigenvalue weighted by molar-refractivity contribution is 7.16. The van der Waals surface area contributed by atoms with Gasteiger partial charge in [-0.2, -0.15) is 0 Å². The summed E-state index contributed by atoms with van der Waals surface area (Å²) in [4.78, 5) is 33.1. The number of hydrogen-bond donors (Lipinski definition) is 1. The Hall–Kier alpha value is -3.65. The Labute approximate surface area is 189 Å². The van der Waals surface area contributed by atoms with Gasteiger partial charge in [-0.1, -0.05) is 12.1 Å². The second-order valence-corrected chi connectivity index (χ2v) is 8.49. The number of anilines is 1. The molecule has 1 aliphatic rings. The number of nitrogens with zero attached hydrogens (tertiary/aromatic N) is 2. The van der Waals surface area contributed by atoms with Gasteiger partial charge >= 0.3 is 5.91 Å². The van der Waals surface area contributed by atoms with Crippen LogP contribution in [0.2, 0.25) is 0 Å². The third-order valence-corrected chi connectivity index (χ3v) is 6.53. The molecule has 1 aliphatic heterocycles. The quantitative estimate of drug-likeness (QED) is 0.352. The van der Waals surface area contributed by atoms with E-state index in [0.29, 0.717) is 27.8 Å². The van der Waals surface area contributed by atoms with Gasteiger partial charge in [-0.05, 0) is 55.8 Å². The molecule has 0 aliphatic carbocycles. The van der Waals surface area contributed by atoms with Crippen LogP contribution in [0.15, 0.2) is 54.1 Å². The third kappa shape index (κ3) is 3.62. The number of benzene rings is 2. The number of carbonyl (C=O) groups is 2. The van der Waals surface area contributed by atoms with Gasteiger partial charge in [-0.25, -0.2) is 4.98 Å². The minimum absolute atomic E-state index is 0.0100. The van der Waals surface area contributed by atoms with E-state index in [-0.39, 0.29) is 11.3 Å². The van der Waals surface area contributed by atoms with Gasteiger partial charge in [0.25, 0.3) is 5.78 Å². The number of aromatic nitrogens is 1. The molecule has 7 nitrogen and oxygen atoms in total. The molecule has 1 fully saturated rings. The molecule has 4 rings (SSSR count). The number of amides is 1. The molecule has 2 aromatic carbocycles. The van der Waals surface area contributed by atoms with Crippen LogP contribution in [0.25, 0.3) is 5.76 Å². The summed E-state index contributed by atoms with van der Waals surface area (Å²) in [6.07, 6.45) is 0. The van der Waals surface area contributed by atoms with Crippen LogP contribution in [-0.4, -0.2) is 36.0 Å². The Morgan fingerprint density at radius 3 is 2.03 bits per heavy atom. The molecular formula is C24H22N2O5S. The van der Waals surface area contributed by atoms with Crippen LogP contribution < -0.4 is 14.4 Å². The summed E-state index contributed by atoms with van der Waals surface area (Å²) in [5.74, 6) is -0.483. The normalized spacial score (nSPS) is 17.6. The van der Waals surface area contributed by atoms with Crippen molar-refractivity contribution < 1.29 is 24.2 Å². The Morgan fingerprint density at radius 1 is 0.969 bits per heavy atom. The molecule has 0 saturated carbocycles. The molecule has 2 heterocycles. The maximum Gasteiger partial charge on any atom is 0.301 e. The van der Waals surface area contributed by atoms with Crippen LogP contribution in [0.1, 0.15) is 27.7 Å². The second-order valence-electron chi connectivity index (χ2n) is 7.31. The third-order valence-electron chi connectivity index (χ3n) is 5.46. The zero-order valence-electron chi connectivity index (χ0n) is 18.1. The zero-order valence-corrected chi connectivity index (χ0v) is 18.9. The molecule has 1 atom stereocenters. The first-order valence-corrected chi connectivity index (χ1v) is 10.7. The summed E-state index contributed by atoms with van der Waals surface area (Å²) >= 11 is 1.33. The number of methoxy groups -OCH3 is 2. The highest BCUT2D eigenvalue weighted by Gasteiger charge is 2.48. The van der Waals surface area contributed by atoms with E-state index in [2.05, 4.69) is 4.98 Å². The first-order chi connectivity index (χ1) is 15.3. The summed E-state index contributed by atoms with van der Waals surface area (Å²) in [6, 6.07) is 12.9. The van der Waals surface area contributed by atoms with E-state index in [9.17, 15) is 14.7 Å². The molecule has 0 spiro atoms. The number of carbonyl (C=O) groups excluding carboxylic acids is 2. The number of aliphatic hydroxyl groups excluding tert-OH is 1. The lowest BCUT2D eigenvalue weighted by atomic mass is 9.95. The van der Waals surface area contributed by atoms with E-state index in [1.165, 1.54) is 16.2 Å². The van der Waals surface area contributed by atoms with E-state index < -0.39 is 17.7 Å². The number of aliphatic hydroxyl groups is 1. The van der Waals surface area contributed by atoms with E-state index in [1.54, 1.807) is 62.8 Å². The summed E-state index contributed by atoms with van der Waals surface area (Å²) < 4.78 is 10.4. The molecule has 1 amide bonds. The molecule has 8 heteroatoms. The first kappa shape index (κ1) is 21.6. The lowest BCUT2D eigenvalue weighted by Crippen LogP contribution is -2.29. The molecule has 32 heavy (non-hydrogen) atoms. The van der Waals surface area contributed by atoms with Gasteiger partial charge < -0.3 is 14.6 Å². The lowest BCUT2D eigenvalue weighted by molar-refractivity contribution is -0.132. The van der Waals surface area contributed by atoms with Gasteiger partial charge in [0.2, 0.25) is 0 Å². The smallest absolute Gasteiger partial charge is 0.301 e. The van der Waals surface area contributed by atoms with Crippen molar-refractivity contribution in [1.82, 2.24) is 4.98 Å². The van der Waals surface area contributed by atoms with Gasteiger partial charge in [-0.3, -0.25) is 14.5 Å². The van der Waals surface area contributed by atoms with Crippen molar-refractivity contribution in [3.63, 3.8) is 0 Å². The highest BCUT2D eigenvalue weighted by Crippen LogP contribution is 2.44. The summed E-state index contributed by atoms with van der Waals surface area (Å²) in [5.41, 5.74) is 1.87. The van der Waals surface area contributed by atoms with Gasteiger partial charge in [0.15, 0.2) is 5.13 Å². The number of ketones is 1. The first-order valence-electron chi connectivity index (χ1n) is 9.89. The molecule has 1 unspecified atom stereocenters. The number of ether oxygens (including phenoxy) is 2. The molecular weight excluding hydrogens is 428 g/mol. The molecule has 1 N–H and O–H groups in total. The van der Waals surface area contributed by atoms with Crippen molar-refractivity contribution in [3.05, 3.63) is 75.8 Å². The SMILES string of the molecule is COc1ccc(/C(O)=C2\C(=O)C(=O)N(c3nc(C)c(C)s3)C2c2ccc(OC)cc2)cc1. The Kier molecular flexibility index (Phi) is 5.71. The molecule has 1 aromatic heterocycles. The van der Waals surface area contributed by atoms with Crippen molar-refractivity contribution in [2.45, 2.75) is 19.9 Å². The maximum atomic E-state index is 13.1. The summed E-state index contributed by atoms with van der Waals surface area (Å²) in [6.45, 7) is 3.76. The van der Waals surface area contributed by atoms with Gasteiger partial charge in [0.1, 0.15) is 17.3 Å². The van der Waals surface area contributed by atoms with E-state index in [4.69, 9.17) is 9.47 Å². The number of aryl methyl sites for hydroxylation is 2. The Balaban J connectivity index is 1.91. The van der Waals surface area contributed by atoms with Crippen LogP contribution in [0, 0.1) is 13.8 Å². The Bertz CT molecular complexity index is 1190. The van der Waals surface area contributed by atoms with Gasteiger partial charge in [-0.15, -0.1) is 11.3 Å². The van der Waals surface area contributed by atoms with Crippen LogP contribution in [0.5, 0.6) is 11.5 Å². The largest absolute Gasteiger partial charge is 0.507 e. The summed E-state index contributed by atoms with van der Waals surface area (Å²) in [7, 11) is 3.11. The number of thiazole rings is 1. The second kappa shape index (κ2) is 8.47.